The van der Waals surface area contributed by atoms with Crippen LogP contribution in [-0.4, -0.2) is 29.8 Å². The lowest BCUT2D eigenvalue weighted by molar-refractivity contribution is -0.383. The first kappa shape index (κ1) is 18.1. The number of benzene rings is 1. The Morgan fingerprint density at radius 1 is 1.32 bits per heavy atom. The van der Waals surface area contributed by atoms with Crippen molar-refractivity contribution in [1.29, 1.82) is 5.26 Å². The average molecular weight is 343 g/mol. The molecule has 0 radical (unpaired) electrons. The van der Waals surface area contributed by atoms with Gasteiger partial charge in [0.05, 0.1) is 4.92 Å². The molecule has 0 bridgehead atoms. The maximum Gasteiger partial charge on any atom is 0.292 e. The van der Waals surface area contributed by atoms with Crippen LogP contribution in [0.5, 0.6) is 0 Å². The fraction of sp³-hybridized carbons (Fsp3) is 0.312. The topological polar surface area (TPSA) is 137 Å². The number of nitriles is 1. The van der Waals surface area contributed by atoms with E-state index in [1.807, 2.05) is 0 Å². The molecule has 1 fully saturated rings. The molecule has 130 valence electrons. The predicted molar refractivity (Wildman–Crippen MR) is 89.2 cm³/mol. The van der Waals surface area contributed by atoms with Gasteiger partial charge in [0.25, 0.3) is 11.6 Å². The number of amides is 2. The van der Waals surface area contributed by atoms with Gasteiger partial charge in [-0.15, -0.1) is 0 Å². The molecule has 1 heterocycles. The number of nitrogens with one attached hydrogen (secondary N) is 3. The smallest absolute Gasteiger partial charge is 0.292 e. The molecule has 2 amide bonds. The van der Waals surface area contributed by atoms with Gasteiger partial charge in [-0.05, 0) is 32.0 Å². The van der Waals surface area contributed by atoms with E-state index >= 15 is 0 Å². The zero-order valence-electron chi connectivity index (χ0n) is 13.3. The number of nitro groups is 1. The summed E-state index contributed by atoms with van der Waals surface area (Å²) in [6.07, 6.45) is 2.41. The Hall–Kier alpha value is -3.25. The molecular weight excluding hydrogens is 326 g/mol. The number of nitro benzene ring substituents is 1. The molecule has 0 saturated carbocycles. The van der Waals surface area contributed by atoms with Crippen molar-refractivity contribution in [3.63, 3.8) is 0 Å². The molecule has 1 aromatic carbocycles. The van der Waals surface area contributed by atoms with Crippen LogP contribution in [-0.2, 0) is 9.59 Å². The van der Waals surface area contributed by atoms with Crippen LogP contribution in [0.25, 0.3) is 0 Å². The first-order valence-electron chi connectivity index (χ1n) is 7.69. The SMILES string of the molecule is N#C/C(=C/NC(=O)C1CCNCC1)C(=O)Nc1ccccc1[N+](=O)[O-]. The minimum absolute atomic E-state index is 0.0247. The van der Waals surface area contributed by atoms with Crippen LogP contribution in [0.1, 0.15) is 12.8 Å². The average Bonchev–Trinajstić information content (AvgIpc) is 2.63. The molecule has 0 unspecified atom stereocenters. The summed E-state index contributed by atoms with van der Waals surface area (Å²) in [4.78, 5) is 34.5. The molecule has 0 aromatic heterocycles. The second-order valence-electron chi connectivity index (χ2n) is 5.43. The van der Waals surface area contributed by atoms with Gasteiger partial charge in [0, 0.05) is 18.2 Å². The van der Waals surface area contributed by atoms with E-state index < -0.39 is 10.8 Å². The Kier molecular flexibility index (Phi) is 6.20. The number of hydrogen-bond acceptors (Lipinski definition) is 6. The maximum absolute atomic E-state index is 12.1. The van der Waals surface area contributed by atoms with Crippen molar-refractivity contribution in [1.82, 2.24) is 10.6 Å². The number of nitrogens with zero attached hydrogens (tertiary/aromatic N) is 2. The third-order valence-corrected chi connectivity index (χ3v) is 3.78. The van der Waals surface area contributed by atoms with Crippen LogP contribution < -0.4 is 16.0 Å². The Morgan fingerprint density at radius 3 is 2.64 bits per heavy atom. The summed E-state index contributed by atoms with van der Waals surface area (Å²) >= 11 is 0. The summed E-state index contributed by atoms with van der Waals surface area (Å²) in [7, 11) is 0. The molecule has 9 heteroatoms. The van der Waals surface area contributed by atoms with E-state index in [4.69, 9.17) is 5.26 Å². The Labute approximate surface area is 143 Å². The third-order valence-electron chi connectivity index (χ3n) is 3.78. The van der Waals surface area contributed by atoms with Crippen LogP contribution in [0.15, 0.2) is 36.0 Å². The monoisotopic (exact) mass is 343 g/mol. The fourth-order valence-electron chi connectivity index (χ4n) is 2.42. The number of hydrogen-bond donors (Lipinski definition) is 3. The van der Waals surface area contributed by atoms with Gasteiger partial charge in [0.15, 0.2) is 0 Å². The Morgan fingerprint density at radius 2 is 2.00 bits per heavy atom. The third kappa shape index (κ3) is 4.86. The number of rotatable bonds is 5. The van der Waals surface area contributed by atoms with E-state index in [1.54, 1.807) is 6.07 Å². The molecule has 1 saturated heterocycles. The van der Waals surface area contributed by atoms with Crippen molar-refractivity contribution >= 4 is 23.2 Å². The van der Waals surface area contributed by atoms with Gasteiger partial charge in [-0.3, -0.25) is 19.7 Å². The lowest BCUT2D eigenvalue weighted by Crippen LogP contribution is -2.36. The lowest BCUT2D eigenvalue weighted by atomic mass is 9.97. The van der Waals surface area contributed by atoms with Gasteiger partial charge < -0.3 is 16.0 Å². The van der Waals surface area contributed by atoms with E-state index in [2.05, 4.69) is 16.0 Å². The lowest BCUT2D eigenvalue weighted by Gasteiger charge is -2.20. The second-order valence-corrected chi connectivity index (χ2v) is 5.43. The van der Waals surface area contributed by atoms with Gasteiger partial charge >= 0.3 is 0 Å². The maximum atomic E-state index is 12.1. The summed E-state index contributed by atoms with van der Waals surface area (Å²) in [5.41, 5.74) is -0.657. The molecule has 1 aliphatic rings. The van der Waals surface area contributed by atoms with Crippen LogP contribution in [0.4, 0.5) is 11.4 Å². The van der Waals surface area contributed by atoms with E-state index in [-0.39, 0.29) is 28.8 Å². The molecule has 0 aliphatic carbocycles. The molecule has 0 spiro atoms. The van der Waals surface area contributed by atoms with Crippen molar-refractivity contribution < 1.29 is 14.5 Å². The minimum atomic E-state index is -0.831. The largest absolute Gasteiger partial charge is 0.331 e. The van der Waals surface area contributed by atoms with Gasteiger partial charge in [0.2, 0.25) is 5.91 Å². The first-order chi connectivity index (χ1) is 12.0. The Bertz CT molecular complexity index is 747. The highest BCUT2D eigenvalue weighted by Gasteiger charge is 2.21. The highest BCUT2D eigenvalue weighted by Crippen LogP contribution is 2.23. The van der Waals surface area contributed by atoms with Crippen molar-refractivity contribution in [2.75, 3.05) is 18.4 Å². The zero-order valence-corrected chi connectivity index (χ0v) is 13.3. The van der Waals surface area contributed by atoms with Gasteiger partial charge in [-0.1, -0.05) is 12.1 Å². The van der Waals surface area contributed by atoms with Crippen LogP contribution in [0, 0.1) is 27.4 Å². The highest BCUT2D eigenvalue weighted by atomic mass is 16.6. The molecule has 1 aromatic rings. The molecule has 1 aliphatic heterocycles. The fourth-order valence-corrected chi connectivity index (χ4v) is 2.42. The molecule has 9 nitrogen and oxygen atoms in total. The molecule has 0 atom stereocenters. The van der Waals surface area contributed by atoms with Gasteiger partial charge in [-0.2, -0.15) is 5.26 Å². The van der Waals surface area contributed by atoms with E-state index in [0.717, 1.165) is 19.3 Å². The minimum Gasteiger partial charge on any atom is -0.331 e. The summed E-state index contributed by atoms with van der Waals surface area (Å²) in [6, 6.07) is 7.27. The summed E-state index contributed by atoms with van der Waals surface area (Å²) in [6.45, 7) is 1.48. The number of carbonyl (C=O) groups excluding carboxylic acids is 2. The van der Waals surface area contributed by atoms with Crippen molar-refractivity contribution in [3.8, 4) is 6.07 Å². The van der Waals surface area contributed by atoms with Crippen molar-refractivity contribution in [3.05, 3.63) is 46.2 Å². The number of carbonyl (C=O) groups is 2. The molecule has 2 rings (SSSR count). The standard InChI is InChI=1S/C16H17N5O4/c17-9-12(10-19-15(22)11-5-7-18-8-6-11)16(23)20-13-3-1-2-4-14(13)21(24)25/h1-4,10-11,18H,5-8H2,(H,19,22)(H,20,23)/b12-10-. The number of anilines is 1. The number of piperidine rings is 1. The van der Waals surface area contributed by atoms with Crippen molar-refractivity contribution in [2.45, 2.75) is 12.8 Å². The quantitative estimate of drug-likeness (QED) is 0.316. The number of para-hydroxylation sites is 2. The Balaban J connectivity index is 2.04. The summed E-state index contributed by atoms with van der Waals surface area (Å²) in [5.74, 6) is -1.26. The van der Waals surface area contributed by atoms with Crippen LogP contribution in [0.3, 0.4) is 0 Å². The molecular formula is C16H17N5O4. The van der Waals surface area contributed by atoms with Gasteiger partial charge in [-0.25, -0.2) is 0 Å². The zero-order chi connectivity index (χ0) is 18.2. The predicted octanol–water partition coefficient (Wildman–Crippen LogP) is 1.06. The first-order valence-corrected chi connectivity index (χ1v) is 7.69. The second kappa shape index (κ2) is 8.56. The van der Waals surface area contributed by atoms with Gasteiger partial charge in [0.1, 0.15) is 17.3 Å². The summed E-state index contributed by atoms with van der Waals surface area (Å²) in [5, 5.41) is 28.0. The highest BCUT2D eigenvalue weighted by molar-refractivity contribution is 6.07. The van der Waals surface area contributed by atoms with E-state index in [9.17, 15) is 19.7 Å². The van der Waals surface area contributed by atoms with Crippen LogP contribution >= 0.6 is 0 Å². The molecule has 25 heavy (non-hydrogen) atoms. The van der Waals surface area contributed by atoms with E-state index in [0.29, 0.717) is 12.8 Å². The van der Waals surface area contributed by atoms with Crippen LogP contribution in [0.2, 0.25) is 0 Å². The molecule has 3 N–H and O–H groups in total. The normalized spacial score (nSPS) is 15.1. The van der Waals surface area contributed by atoms with Crippen molar-refractivity contribution in [2.24, 2.45) is 5.92 Å². The van der Waals surface area contributed by atoms with E-state index in [1.165, 1.54) is 24.3 Å². The summed E-state index contributed by atoms with van der Waals surface area (Å²) < 4.78 is 0.